The fourth-order valence-corrected chi connectivity index (χ4v) is 2.80. The molecule has 1 heterocycles. The molecule has 0 atom stereocenters. The number of halogens is 1. The molecule has 1 aliphatic heterocycles. The van der Waals surface area contributed by atoms with Crippen molar-refractivity contribution in [1.29, 1.82) is 0 Å². The lowest BCUT2D eigenvalue weighted by molar-refractivity contribution is 0.102. The van der Waals surface area contributed by atoms with Gasteiger partial charge in [-0.2, -0.15) is 0 Å². The van der Waals surface area contributed by atoms with E-state index >= 15 is 0 Å². The van der Waals surface area contributed by atoms with Gasteiger partial charge in [-0.3, -0.25) is 4.79 Å². The summed E-state index contributed by atoms with van der Waals surface area (Å²) in [6.45, 7) is 1.35. The molecule has 4 nitrogen and oxygen atoms in total. The molecule has 0 radical (unpaired) electrons. The predicted octanol–water partition coefficient (Wildman–Crippen LogP) is 3.76. The molecule has 5 heteroatoms. The van der Waals surface area contributed by atoms with Crippen LogP contribution in [0, 0.1) is 5.82 Å². The van der Waals surface area contributed by atoms with Crippen LogP contribution in [0.15, 0.2) is 36.4 Å². The van der Waals surface area contributed by atoms with Gasteiger partial charge in [-0.05, 0) is 48.6 Å². The maximum atomic E-state index is 14.2. The molecule has 1 fully saturated rings. The number of hydrogen-bond donors (Lipinski definition) is 2. The van der Waals surface area contributed by atoms with Gasteiger partial charge in [0.2, 0.25) is 0 Å². The first kappa shape index (κ1) is 14.1. The Morgan fingerprint density at radius 1 is 1.22 bits per heavy atom. The number of rotatable bonds is 3. The molecular weight excluding hydrogens is 295 g/mol. The number of fused-ring (bicyclic) bond motifs is 1. The summed E-state index contributed by atoms with van der Waals surface area (Å²) >= 11 is 0. The van der Waals surface area contributed by atoms with Crippen LogP contribution in [0.1, 0.15) is 34.7 Å². The highest BCUT2D eigenvalue weighted by Crippen LogP contribution is 2.40. The third kappa shape index (κ3) is 2.86. The Morgan fingerprint density at radius 3 is 2.87 bits per heavy atom. The Kier molecular flexibility index (Phi) is 3.41. The van der Waals surface area contributed by atoms with E-state index in [2.05, 4.69) is 10.6 Å². The van der Waals surface area contributed by atoms with E-state index in [1.807, 2.05) is 12.1 Å². The molecule has 0 bridgehead atoms. The molecule has 0 spiro atoms. The van der Waals surface area contributed by atoms with Gasteiger partial charge in [0.1, 0.15) is 18.2 Å². The van der Waals surface area contributed by atoms with Crippen LogP contribution < -0.4 is 15.4 Å². The first-order valence-corrected chi connectivity index (χ1v) is 7.82. The topological polar surface area (TPSA) is 50.4 Å². The molecule has 4 rings (SSSR count). The van der Waals surface area contributed by atoms with Crippen molar-refractivity contribution in [2.75, 3.05) is 23.8 Å². The summed E-state index contributed by atoms with van der Waals surface area (Å²) in [6, 6.07) is 10.2. The van der Waals surface area contributed by atoms with E-state index in [1.54, 1.807) is 18.2 Å². The highest BCUT2D eigenvalue weighted by molar-refractivity contribution is 6.04. The third-order valence-corrected chi connectivity index (χ3v) is 4.20. The monoisotopic (exact) mass is 312 g/mol. The van der Waals surface area contributed by atoms with Gasteiger partial charge in [0, 0.05) is 18.3 Å². The second-order valence-corrected chi connectivity index (χ2v) is 5.95. The minimum atomic E-state index is -0.470. The second kappa shape index (κ2) is 5.57. The molecule has 0 aromatic heterocycles. The summed E-state index contributed by atoms with van der Waals surface area (Å²) in [7, 11) is 0. The van der Waals surface area contributed by atoms with Crippen molar-refractivity contribution in [3.8, 4) is 5.75 Å². The summed E-state index contributed by atoms with van der Waals surface area (Å²) in [5.41, 5.74) is 2.52. The van der Waals surface area contributed by atoms with Crippen molar-refractivity contribution in [2.24, 2.45) is 0 Å². The van der Waals surface area contributed by atoms with Gasteiger partial charge in [-0.1, -0.05) is 6.07 Å². The summed E-state index contributed by atoms with van der Waals surface area (Å²) < 4.78 is 19.7. The van der Waals surface area contributed by atoms with Gasteiger partial charge in [0.15, 0.2) is 0 Å². The zero-order chi connectivity index (χ0) is 15.8. The summed E-state index contributed by atoms with van der Waals surface area (Å²) in [4.78, 5) is 12.3. The van der Waals surface area contributed by atoms with Crippen molar-refractivity contribution in [3.63, 3.8) is 0 Å². The fourth-order valence-electron chi connectivity index (χ4n) is 2.80. The number of carbonyl (C=O) groups excluding carboxylic acids is 1. The van der Waals surface area contributed by atoms with Crippen LogP contribution >= 0.6 is 0 Å². The molecule has 118 valence electrons. The summed E-state index contributed by atoms with van der Waals surface area (Å²) in [5, 5.41) is 5.94. The lowest BCUT2D eigenvalue weighted by atomic mass is 10.1. The first-order chi connectivity index (χ1) is 11.2. The smallest absolute Gasteiger partial charge is 0.258 e. The molecule has 1 aliphatic carbocycles. The molecular formula is C18H17FN2O2. The van der Waals surface area contributed by atoms with E-state index in [9.17, 15) is 9.18 Å². The average molecular weight is 312 g/mol. The number of nitrogens with one attached hydrogen (secondary N) is 2. The Balaban J connectivity index is 1.53. The average Bonchev–Trinajstić information content (AvgIpc) is 3.39. The lowest BCUT2D eigenvalue weighted by Crippen LogP contribution is -2.19. The van der Waals surface area contributed by atoms with E-state index in [0.29, 0.717) is 24.0 Å². The Labute approximate surface area is 133 Å². The number of benzene rings is 2. The molecule has 2 aliphatic rings. The molecule has 0 unspecified atom stereocenters. The van der Waals surface area contributed by atoms with Crippen LogP contribution in [-0.4, -0.2) is 19.1 Å². The van der Waals surface area contributed by atoms with Crippen molar-refractivity contribution < 1.29 is 13.9 Å². The minimum absolute atomic E-state index is 0.0613. The van der Waals surface area contributed by atoms with Gasteiger partial charge < -0.3 is 15.4 Å². The lowest BCUT2D eigenvalue weighted by Gasteiger charge is -2.19. The Bertz CT molecular complexity index is 772. The number of ether oxygens (including phenoxy) is 1. The Morgan fingerprint density at radius 2 is 2.09 bits per heavy atom. The summed E-state index contributed by atoms with van der Waals surface area (Å²) in [6.07, 6.45) is 2.21. The van der Waals surface area contributed by atoms with Gasteiger partial charge in [0.25, 0.3) is 5.91 Å². The standard InChI is InChI=1S/C18H17FN2O2/c19-15-9-12(11-1-2-11)3-5-14(15)18(22)21-13-4-6-16-17(10-13)23-8-7-20-16/h3-6,9-11,20H,1-2,7-8H2,(H,21,22). The minimum Gasteiger partial charge on any atom is -0.490 e. The van der Waals surface area contributed by atoms with Gasteiger partial charge >= 0.3 is 0 Å². The molecule has 2 aromatic rings. The van der Waals surface area contributed by atoms with Gasteiger partial charge in [-0.15, -0.1) is 0 Å². The van der Waals surface area contributed by atoms with Crippen molar-refractivity contribution in [1.82, 2.24) is 0 Å². The van der Waals surface area contributed by atoms with Crippen LogP contribution in [-0.2, 0) is 0 Å². The van der Waals surface area contributed by atoms with E-state index in [1.165, 1.54) is 6.07 Å². The van der Waals surface area contributed by atoms with Gasteiger partial charge in [-0.25, -0.2) is 4.39 Å². The molecule has 0 saturated heterocycles. The van der Waals surface area contributed by atoms with Crippen LogP contribution in [0.3, 0.4) is 0 Å². The van der Waals surface area contributed by atoms with Crippen LogP contribution in [0.5, 0.6) is 5.75 Å². The van der Waals surface area contributed by atoms with E-state index in [4.69, 9.17) is 4.74 Å². The largest absolute Gasteiger partial charge is 0.490 e. The maximum absolute atomic E-state index is 14.2. The fraction of sp³-hybridized carbons (Fsp3) is 0.278. The number of amides is 1. The quantitative estimate of drug-likeness (QED) is 0.907. The number of hydrogen-bond acceptors (Lipinski definition) is 3. The SMILES string of the molecule is O=C(Nc1ccc2c(c1)OCCN2)c1ccc(C2CC2)cc1F. The van der Waals surface area contributed by atoms with Crippen LogP contribution in [0.4, 0.5) is 15.8 Å². The molecule has 1 amide bonds. The van der Waals surface area contributed by atoms with E-state index in [-0.39, 0.29) is 5.56 Å². The van der Waals surface area contributed by atoms with E-state index in [0.717, 1.165) is 30.6 Å². The normalized spacial score (nSPS) is 16.0. The number of carbonyl (C=O) groups is 1. The highest BCUT2D eigenvalue weighted by Gasteiger charge is 2.25. The summed E-state index contributed by atoms with van der Waals surface area (Å²) in [5.74, 6) is 0.238. The van der Waals surface area contributed by atoms with Crippen molar-refractivity contribution in [2.45, 2.75) is 18.8 Å². The van der Waals surface area contributed by atoms with E-state index < -0.39 is 11.7 Å². The molecule has 1 saturated carbocycles. The molecule has 23 heavy (non-hydrogen) atoms. The Hall–Kier alpha value is -2.56. The second-order valence-electron chi connectivity index (χ2n) is 5.95. The first-order valence-electron chi connectivity index (χ1n) is 7.82. The van der Waals surface area contributed by atoms with Crippen LogP contribution in [0.2, 0.25) is 0 Å². The maximum Gasteiger partial charge on any atom is 0.258 e. The predicted molar refractivity (Wildman–Crippen MR) is 86.8 cm³/mol. The van der Waals surface area contributed by atoms with Crippen molar-refractivity contribution >= 4 is 17.3 Å². The molecule has 2 N–H and O–H groups in total. The third-order valence-electron chi connectivity index (χ3n) is 4.20. The highest BCUT2D eigenvalue weighted by atomic mass is 19.1. The molecule has 2 aromatic carbocycles. The van der Waals surface area contributed by atoms with Crippen LogP contribution in [0.25, 0.3) is 0 Å². The van der Waals surface area contributed by atoms with Gasteiger partial charge in [0.05, 0.1) is 11.3 Å². The van der Waals surface area contributed by atoms with Crippen molar-refractivity contribution in [3.05, 3.63) is 53.3 Å². The zero-order valence-electron chi connectivity index (χ0n) is 12.6. The number of anilines is 2. The zero-order valence-corrected chi connectivity index (χ0v) is 12.6.